The van der Waals surface area contributed by atoms with Crippen LogP contribution in [0.25, 0.3) is 0 Å². The van der Waals surface area contributed by atoms with Crippen LogP contribution >= 0.6 is 0 Å². The molecule has 0 spiro atoms. The second-order valence-electron chi connectivity index (χ2n) is 4.75. The van der Waals surface area contributed by atoms with E-state index in [9.17, 15) is 18.4 Å². The number of carbonyl (C=O) groups is 2. The maximum atomic E-state index is 12.1. The van der Waals surface area contributed by atoms with Gasteiger partial charge in [0.25, 0.3) is 5.91 Å². The molecule has 0 aromatic heterocycles. The Morgan fingerprint density at radius 1 is 1.27 bits per heavy atom. The van der Waals surface area contributed by atoms with Gasteiger partial charge < -0.3 is 14.4 Å². The van der Waals surface area contributed by atoms with Gasteiger partial charge in [-0.25, -0.2) is 4.79 Å². The molecule has 0 fully saturated rings. The number of rotatable bonds is 6. The van der Waals surface area contributed by atoms with Gasteiger partial charge in [0.2, 0.25) is 0 Å². The van der Waals surface area contributed by atoms with Crippen LogP contribution in [0.2, 0.25) is 0 Å². The molecule has 6 nitrogen and oxygen atoms in total. The Labute approximate surface area is 127 Å². The van der Waals surface area contributed by atoms with Crippen molar-refractivity contribution in [1.29, 1.82) is 0 Å². The van der Waals surface area contributed by atoms with Gasteiger partial charge in [0, 0.05) is 5.56 Å². The van der Waals surface area contributed by atoms with E-state index in [0.29, 0.717) is 6.54 Å². The van der Waals surface area contributed by atoms with Crippen LogP contribution in [0.4, 0.5) is 13.6 Å². The van der Waals surface area contributed by atoms with Crippen LogP contribution in [-0.4, -0.2) is 38.8 Å². The van der Waals surface area contributed by atoms with Crippen LogP contribution in [0.5, 0.6) is 5.75 Å². The SMILES string of the molecule is COC(=O)NC(=O)[C@H](C)[NH+](C)Cc1ccc(OC(F)F)cc1. The molecule has 0 radical (unpaired) electrons. The fourth-order valence-corrected chi connectivity index (χ4v) is 1.75. The third-order valence-corrected chi connectivity index (χ3v) is 3.17. The summed E-state index contributed by atoms with van der Waals surface area (Å²) < 4.78 is 32.7. The number of halogens is 2. The van der Waals surface area contributed by atoms with Crippen molar-refractivity contribution in [3.05, 3.63) is 29.8 Å². The summed E-state index contributed by atoms with van der Waals surface area (Å²) in [6.45, 7) is -0.715. The molecule has 1 rings (SSSR count). The summed E-state index contributed by atoms with van der Waals surface area (Å²) in [7, 11) is 2.96. The predicted octanol–water partition coefficient (Wildman–Crippen LogP) is 0.574. The highest BCUT2D eigenvalue weighted by atomic mass is 19.3. The molecule has 1 aromatic carbocycles. The van der Waals surface area contributed by atoms with Crippen molar-refractivity contribution in [2.75, 3.05) is 14.2 Å². The molecular formula is C14H19F2N2O4+. The van der Waals surface area contributed by atoms with Gasteiger partial charge in [0.05, 0.1) is 14.2 Å². The van der Waals surface area contributed by atoms with E-state index >= 15 is 0 Å². The molecule has 2 amide bonds. The van der Waals surface area contributed by atoms with Gasteiger partial charge in [-0.05, 0) is 31.2 Å². The minimum atomic E-state index is -2.86. The number of benzene rings is 1. The molecule has 0 aliphatic heterocycles. The second-order valence-corrected chi connectivity index (χ2v) is 4.75. The largest absolute Gasteiger partial charge is 0.453 e. The van der Waals surface area contributed by atoms with E-state index in [0.717, 1.165) is 10.5 Å². The molecule has 0 bridgehead atoms. The zero-order valence-electron chi connectivity index (χ0n) is 12.6. The predicted molar refractivity (Wildman–Crippen MR) is 73.7 cm³/mol. The first-order chi connectivity index (χ1) is 10.3. The molecule has 2 N–H and O–H groups in total. The number of quaternary nitrogens is 1. The van der Waals surface area contributed by atoms with Gasteiger partial charge >= 0.3 is 12.7 Å². The number of likely N-dealkylation sites (N-methyl/N-ethyl adjacent to an activating group) is 1. The quantitative estimate of drug-likeness (QED) is 0.805. The number of carbonyl (C=O) groups excluding carboxylic acids is 2. The maximum Gasteiger partial charge on any atom is 0.413 e. The highest BCUT2D eigenvalue weighted by Crippen LogP contribution is 2.14. The van der Waals surface area contributed by atoms with Crippen molar-refractivity contribution in [1.82, 2.24) is 5.32 Å². The van der Waals surface area contributed by atoms with Crippen LogP contribution in [0.3, 0.4) is 0 Å². The number of hydrogen-bond donors (Lipinski definition) is 2. The Morgan fingerprint density at radius 2 is 1.86 bits per heavy atom. The molecule has 0 aliphatic carbocycles. The molecule has 8 heteroatoms. The number of amides is 2. The average Bonchev–Trinajstić information content (AvgIpc) is 2.47. The Balaban J connectivity index is 2.58. The third-order valence-electron chi connectivity index (χ3n) is 3.17. The number of alkyl halides is 2. The molecule has 0 heterocycles. The molecule has 1 unspecified atom stereocenters. The molecule has 1 aromatic rings. The summed E-state index contributed by atoms with van der Waals surface area (Å²) in [5, 5.41) is 2.10. The van der Waals surface area contributed by atoms with Crippen LogP contribution in [0, 0.1) is 0 Å². The van der Waals surface area contributed by atoms with E-state index in [-0.39, 0.29) is 5.75 Å². The fourth-order valence-electron chi connectivity index (χ4n) is 1.75. The zero-order chi connectivity index (χ0) is 16.7. The number of imide groups is 1. The van der Waals surface area contributed by atoms with E-state index in [2.05, 4.69) is 14.8 Å². The summed E-state index contributed by atoms with van der Waals surface area (Å²) in [5.74, 6) is -0.380. The number of nitrogens with one attached hydrogen (secondary N) is 2. The van der Waals surface area contributed by atoms with E-state index in [1.807, 2.05) is 0 Å². The van der Waals surface area contributed by atoms with Crippen molar-refractivity contribution < 1.29 is 32.7 Å². The lowest BCUT2D eigenvalue weighted by molar-refractivity contribution is -0.908. The highest BCUT2D eigenvalue weighted by molar-refractivity contribution is 5.93. The molecule has 0 saturated heterocycles. The van der Waals surface area contributed by atoms with Crippen molar-refractivity contribution in [2.45, 2.75) is 26.1 Å². The summed E-state index contributed by atoms with van der Waals surface area (Å²) in [6, 6.07) is 5.68. The van der Waals surface area contributed by atoms with E-state index in [1.165, 1.54) is 19.2 Å². The molecule has 0 saturated carbocycles. The maximum absolute atomic E-state index is 12.1. The van der Waals surface area contributed by atoms with Gasteiger partial charge in [-0.2, -0.15) is 8.78 Å². The Bertz CT molecular complexity index is 508. The van der Waals surface area contributed by atoms with Crippen molar-refractivity contribution in [3.63, 3.8) is 0 Å². The lowest BCUT2D eigenvalue weighted by Crippen LogP contribution is -3.12. The summed E-state index contributed by atoms with van der Waals surface area (Å²) >= 11 is 0. The monoisotopic (exact) mass is 317 g/mol. The van der Waals surface area contributed by atoms with Gasteiger partial charge in [-0.3, -0.25) is 10.1 Å². The first-order valence-corrected chi connectivity index (χ1v) is 6.58. The number of alkyl carbamates (subject to hydrolysis) is 1. The number of hydrogen-bond acceptors (Lipinski definition) is 4. The van der Waals surface area contributed by atoms with Crippen molar-refractivity contribution in [3.8, 4) is 5.75 Å². The minimum Gasteiger partial charge on any atom is -0.453 e. The van der Waals surface area contributed by atoms with Crippen LogP contribution < -0.4 is 15.0 Å². The highest BCUT2D eigenvalue weighted by Gasteiger charge is 2.23. The molecule has 22 heavy (non-hydrogen) atoms. The second kappa shape index (κ2) is 8.28. The number of methoxy groups -OCH3 is 1. The average molecular weight is 317 g/mol. The number of ether oxygens (including phenoxy) is 2. The molecule has 122 valence electrons. The Morgan fingerprint density at radius 3 is 2.36 bits per heavy atom. The van der Waals surface area contributed by atoms with E-state index in [4.69, 9.17) is 0 Å². The standard InChI is InChI=1S/C14H18F2N2O4/c1-9(12(19)17-14(20)21-3)18(2)8-10-4-6-11(7-5-10)22-13(15)16/h4-7,9,13H,8H2,1-3H3,(H,17,19,20)/p+1/t9-/m0/s1. The van der Waals surface area contributed by atoms with Gasteiger partial charge in [0.15, 0.2) is 6.04 Å². The van der Waals surface area contributed by atoms with Crippen LogP contribution in [0.15, 0.2) is 24.3 Å². The lowest BCUT2D eigenvalue weighted by atomic mass is 10.2. The van der Waals surface area contributed by atoms with E-state index < -0.39 is 24.7 Å². The summed E-state index contributed by atoms with van der Waals surface area (Å²) in [6.07, 6.45) is -0.807. The normalized spacial score (nSPS) is 13.4. The first kappa shape index (κ1) is 17.8. The molecule has 2 atom stereocenters. The third kappa shape index (κ3) is 5.65. The van der Waals surface area contributed by atoms with Crippen LogP contribution in [-0.2, 0) is 16.1 Å². The van der Waals surface area contributed by atoms with E-state index in [1.54, 1.807) is 26.1 Å². The molecule has 0 aliphatic rings. The van der Waals surface area contributed by atoms with Crippen LogP contribution in [0.1, 0.15) is 12.5 Å². The zero-order valence-corrected chi connectivity index (χ0v) is 12.6. The molecular weight excluding hydrogens is 298 g/mol. The summed E-state index contributed by atoms with van der Waals surface area (Å²) in [4.78, 5) is 23.6. The Hall–Kier alpha value is -2.22. The first-order valence-electron chi connectivity index (χ1n) is 6.58. The Kier molecular flexibility index (Phi) is 6.71. The smallest absolute Gasteiger partial charge is 0.413 e. The minimum absolute atomic E-state index is 0.0767. The lowest BCUT2D eigenvalue weighted by Gasteiger charge is -2.20. The summed E-state index contributed by atoms with van der Waals surface area (Å²) in [5.41, 5.74) is 0.844. The van der Waals surface area contributed by atoms with Gasteiger partial charge in [0.1, 0.15) is 12.3 Å². The van der Waals surface area contributed by atoms with Crippen molar-refractivity contribution >= 4 is 12.0 Å². The van der Waals surface area contributed by atoms with Gasteiger partial charge in [-0.15, -0.1) is 0 Å². The topological polar surface area (TPSA) is 69.1 Å². The van der Waals surface area contributed by atoms with Gasteiger partial charge in [-0.1, -0.05) is 0 Å². The van der Waals surface area contributed by atoms with Crippen molar-refractivity contribution in [2.24, 2.45) is 0 Å². The fraction of sp³-hybridized carbons (Fsp3) is 0.429.